The number of fused-ring (bicyclic) bond motifs is 5. The van der Waals surface area contributed by atoms with Gasteiger partial charge in [0.15, 0.2) is 11.6 Å². The summed E-state index contributed by atoms with van der Waals surface area (Å²) in [5.74, 6) is 1.82. The maximum absolute atomic E-state index is 5.44. The molecule has 0 saturated carbocycles. The third kappa shape index (κ3) is 4.69. The minimum Gasteiger partial charge on any atom is -0.278 e. The highest BCUT2D eigenvalue weighted by Crippen LogP contribution is 2.44. The quantitative estimate of drug-likeness (QED) is 0.168. The van der Waals surface area contributed by atoms with Crippen LogP contribution in [0.25, 0.3) is 126 Å². The Hall–Kier alpha value is -7.95. The van der Waals surface area contributed by atoms with Crippen molar-refractivity contribution in [1.82, 2.24) is 19.5 Å². The lowest BCUT2D eigenvalue weighted by atomic mass is 9.87. The van der Waals surface area contributed by atoms with Gasteiger partial charge in [0.1, 0.15) is 0 Å². The molecule has 4 heteroatoms. The minimum absolute atomic E-state index is 0.578. The molecular formula is C55H32N4. The predicted molar refractivity (Wildman–Crippen MR) is 247 cm³/mol. The molecule has 13 aromatic rings. The summed E-state index contributed by atoms with van der Waals surface area (Å²) in [7, 11) is 0. The first-order valence-electron chi connectivity index (χ1n) is 20.1. The normalized spacial score (nSPS) is 12.1. The largest absolute Gasteiger partial charge is 0.278 e. The van der Waals surface area contributed by atoms with Crippen molar-refractivity contribution in [2.45, 2.75) is 0 Å². The lowest BCUT2D eigenvalue weighted by Crippen LogP contribution is -2.07. The molecule has 2 heterocycles. The van der Waals surface area contributed by atoms with Crippen LogP contribution in [0, 0.1) is 0 Å². The Morgan fingerprint density at radius 3 is 1.39 bits per heavy atom. The zero-order valence-corrected chi connectivity index (χ0v) is 31.8. The summed E-state index contributed by atoms with van der Waals surface area (Å²) < 4.78 is 2.20. The molecule has 0 aliphatic heterocycles. The van der Waals surface area contributed by atoms with Crippen LogP contribution < -0.4 is 0 Å². The molecule has 0 bridgehead atoms. The number of hydrogen-bond donors (Lipinski definition) is 0. The van der Waals surface area contributed by atoms with Crippen molar-refractivity contribution in [1.29, 1.82) is 0 Å². The third-order valence-electron chi connectivity index (χ3n) is 12.3. The second kappa shape index (κ2) is 12.3. The van der Waals surface area contributed by atoms with E-state index in [0.717, 1.165) is 49.4 Å². The van der Waals surface area contributed by atoms with Crippen LogP contribution in [0.3, 0.4) is 0 Å². The van der Waals surface area contributed by atoms with Crippen molar-refractivity contribution in [3.05, 3.63) is 194 Å². The molecule has 0 saturated heterocycles. The van der Waals surface area contributed by atoms with E-state index in [1.165, 1.54) is 59.2 Å². The smallest absolute Gasteiger partial charge is 0.238 e. The molecule has 0 fully saturated rings. The average molecular weight is 749 g/mol. The molecule has 11 aromatic carbocycles. The summed E-state index contributed by atoms with van der Waals surface area (Å²) in [6.45, 7) is 0. The van der Waals surface area contributed by atoms with Crippen LogP contribution in [0.5, 0.6) is 0 Å². The Balaban J connectivity index is 1.18. The zero-order valence-electron chi connectivity index (χ0n) is 31.8. The van der Waals surface area contributed by atoms with E-state index >= 15 is 0 Å². The molecule has 0 amide bonds. The summed E-state index contributed by atoms with van der Waals surface area (Å²) in [6, 6.07) is 69.8. The van der Waals surface area contributed by atoms with Crippen LogP contribution in [0.15, 0.2) is 194 Å². The molecular weight excluding hydrogens is 717 g/mol. The number of aromatic nitrogens is 4. The standard InChI is InChI=1S/C55H32N4/c1-2-13-33(14-3-1)39-18-4-5-21-45(39)54-56-53(57-55(58-54)59-47-25-8-6-19-40(47)41-20-7-9-26-48(41)59)38-31-37-30-29-36-16-11-23-43-42-22-10-15-34-27-28-35-17-12-24-44(51(35)49(34)42)46(32-38)52(37)50(36)43/h1-32H. The minimum atomic E-state index is 0.578. The molecule has 0 aliphatic rings. The van der Waals surface area contributed by atoms with E-state index in [-0.39, 0.29) is 0 Å². The van der Waals surface area contributed by atoms with Gasteiger partial charge in [-0.3, -0.25) is 4.57 Å². The molecule has 0 unspecified atom stereocenters. The van der Waals surface area contributed by atoms with Crippen molar-refractivity contribution in [2.24, 2.45) is 0 Å². The van der Waals surface area contributed by atoms with Gasteiger partial charge in [-0.25, -0.2) is 4.98 Å². The van der Waals surface area contributed by atoms with Gasteiger partial charge in [-0.05, 0) is 100 Å². The zero-order chi connectivity index (χ0) is 38.6. The Morgan fingerprint density at radius 1 is 0.288 bits per heavy atom. The van der Waals surface area contributed by atoms with E-state index in [1.807, 2.05) is 0 Å². The fourth-order valence-electron chi connectivity index (χ4n) is 9.81. The third-order valence-corrected chi connectivity index (χ3v) is 12.3. The van der Waals surface area contributed by atoms with Crippen molar-refractivity contribution < 1.29 is 0 Å². The predicted octanol–water partition coefficient (Wildman–Crippen LogP) is 14.3. The Bertz CT molecular complexity index is 3790. The number of benzene rings is 10. The second-order valence-corrected chi connectivity index (χ2v) is 15.5. The van der Waals surface area contributed by atoms with Gasteiger partial charge in [0.2, 0.25) is 5.95 Å². The van der Waals surface area contributed by atoms with Crippen LogP contribution in [-0.4, -0.2) is 19.5 Å². The molecule has 59 heavy (non-hydrogen) atoms. The highest BCUT2D eigenvalue weighted by Gasteiger charge is 2.21. The van der Waals surface area contributed by atoms with Gasteiger partial charge in [0, 0.05) is 21.9 Å². The number of nitrogens with zero attached hydrogens (tertiary/aromatic N) is 4. The number of rotatable bonds is 4. The first kappa shape index (κ1) is 32.2. The molecule has 0 N–H and O–H groups in total. The maximum Gasteiger partial charge on any atom is 0.238 e. The van der Waals surface area contributed by atoms with E-state index in [4.69, 9.17) is 15.0 Å². The van der Waals surface area contributed by atoms with Gasteiger partial charge >= 0.3 is 0 Å². The molecule has 13 rings (SSSR count). The highest BCUT2D eigenvalue weighted by atomic mass is 15.2. The van der Waals surface area contributed by atoms with E-state index in [0.29, 0.717) is 17.6 Å². The summed E-state index contributed by atoms with van der Waals surface area (Å²) in [6.07, 6.45) is 0. The topological polar surface area (TPSA) is 43.6 Å². The van der Waals surface area contributed by atoms with E-state index in [9.17, 15) is 0 Å². The molecule has 0 spiro atoms. The van der Waals surface area contributed by atoms with Crippen LogP contribution in [0.1, 0.15) is 0 Å². The van der Waals surface area contributed by atoms with Crippen molar-refractivity contribution >= 4 is 86.4 Å². The van der Waals surface area contributed by atoms with Crippen LogP contribution >= 0.6 is 0 Å². The summed E-state index contributed by atoms with van der Waals surface area (Å²) in [5, 5.41) is 17.1. The van der Waals surface area contributed by atoms with E-state index in [2.05, 4.69) is 199 Å². The van der Waals surface area contributed by atoms with Crippen LogP contribution in [-0.2, 0) is 0 Å². The van der Waals surface area contributed by atoms with Crippen molar-refractivity contribution in [3.8, 4) is 39.9 Å². The first-order chi connectivity index (χ1) is 29.3. The van der Waals surface area contributed by atoms with Gasteiger partial charge in [-0.15, -0.1) is 0 Å². The fourth-order valence-corrected chi connectivity index (χ4v) is 9.81. The van der Waals surface area contributed by atoms with E-state index < -0.39 is 0 Å². The Morgan fingerprint density at radius 2 is 0.763 bits per heavy atom. The highest BCUT2D eigenvalue weighted by molar-refractivity contribution is 6.37. The Kier molecular flexibility index (Phi) is 6.69. The van der Waals surface area contributed by atoms with Crippen molar-refractivity contribution in [3.63, 3.8) is 0 Å². The molecule has 2 aromatic heterocycles. The molecule has 0 aliphatic carbocycles. The van der Waals surface area contributed by atoms with Gasteiger partial charge < -0.3 is 0 Å². The molecule has 0 atom stereocenters. The van der Waals surface area contributed by atoms with Gasteiger partial charge in [0.05, 0.1) is 11.0 Å². The van der Waals surface area contributed by atoms with Gasteiger partial charge in [-0.1, -0.05) is 170 Å². The van der Waals surface area contributed by atoms with Crippen LogP contribution in [0.4, 0.5) is 0 Å². The van der Waals surface area contributed by atoms with E-state index in [1.54, 1.807) is 0 Å². The second-order valence-electron chi connectivity index (χ2n) is 15.5. The molecule has 0 radical (unpaired) electrons. The lowest BCUT2D eigenvalue weighted by Gasteiger charge is -2.17. The van der Waals surface area contributed by atoms with Crippen LogP contribution in [0.2, 0.25) is 0 Å². The number of para-hydroxylation sites is 2. The lowest BCUT2D eigenvalue weighted by molar-refractivity contribution is 0.954. The maximum atomic E-state index is 5.44. The summed E-state index contributed by atoms with van der Waals surface area (Å²) in [4.78, 5) is 16.2. The Labute approximate surface area is 338 Å². The first-order valence-corrected chi connectivity index (χ1v) is 20.1. The fraction of sp³-hybridized carbons (Fsp3) is 0. The summed E-state index contributed by atoms with van der Waals surface area (Å²) >= 11 is 0. The SMILES string of the molecule is c1ccc(-c2ccccc2-c2nc(-c3cc4ccc5cccc6c7cccc8ccc9cccc(c(c3)c4c56)c9c87)nc(-n3c4ccccc4c4ccccc43)n2)cc1. The van der Waals surface area contributed by atoms with Crippen molar-refractivity contribution in [2.75, 3.05) is 0 Å². The summed E-state index contributed by atoms with van der Waals surface area (Å²) in [5.41, 5.74) is 6.15. The molecule has 272 valence electrons. The molecule has 4 nitrogen and oxygen atoms in total. The van der Waals surface area contributed by atoms with Gasteiger partial charge in [0.25, 0.3) is 0 Å². The van der Waals surface area contributed by atoms with Gasteiger partial charge in [-0.2, -0.15) is 9.97 Å². The monoisotopic (exact) mass is 748 g/mol. The average Bonchev–Trinajstić information content (AvgIpc) is 3.64. The number of hydrogen-bond acceptors (Lipinski definition) is 3.